The van der Waals surface area contributed by atoms with E-state index in [0.29, 0.717) is 5.56 Å². The lowest BCUT2D eigenvalue weighted by molar-refractivity contribution is 0.0948. The molecule has 108 valence electrons. The molecule has 0 atom stereocenters. The molecule has 0 aliphatic carbocycles. The highest BCUT2D eigenvalue weighted by Gasteiger charge is 2.07. The number of benzene rings is 2. The van der Waals surface area contributed by atoms with Gasteiger partial charge in [-0.2, -0.15) is 0 Å². The van der Waals surface area contributed by atoms with Gasteiger partial charge in [-0.1, -0.05) is 18.2 Å². The number of hydrogen-bond donors (Lipinski definition) is 2. The molecule has 0 bridgehead atoms. The summed E-state index contributed by atoms with van der Waals surface area (Å²) in [4.78, 5) is 23.4. The van der Waals surface area contributed by atoms with Crippen LogP contribution in [0.4, 0.5) is 4.39 Å². The maximum Gasteiger partial charge on any atom is 0.251 e. The lowest BCUT2D eigenvalue weighted by atomic mass is 10.1. The van der Waals surface area contributed by atoms with E-state index in [1.54, 1.807) is 37.4 Å². The number of hydrogen-bond acceptors (Lipinski definition) is 2. The number of rotatable bonds is 4. The summed E-state index contributed by atoms with van der Waals surface area (Å²) in [6, 6.07) is 12.4. The van der Waals surface area contributed by atoms with Crippen LogP contribution in [0, 0.1) is 5.82 Å². The van der Waals surface area contributed by atoms with Crippen LogP contribution in [-0.2, 0) is 6.54 Å². The average Bonchev–Trinajstić information content (AvgIpc) is 2.52. The van der Waals surface area contributed by atoms with Gasteiger partial charge in [0.1, 0.15) is 5.82 Å². The van der Waals surface area contributed by atoms with Crippen LogP contribution >= 0.6 is 0 Å². The van der Waals surface area contributed by atoms with Gasteiger partial charge in [0.05, 0.1) is 0 Å². The summed E-state index contributed by atoms with van der Waals surface area (Å²) in [7, 11) is 1.56. The Morgan fingerprint density at radius 3 is 2.33 bits per heavy atom. The van der Waals surface area contributed by atoms with Crippen molar-refractivity contribution >= 4 is 11.8 Å². The fourth-order valence-electron chi connectivity index (χ4n) is 1.88. The molecule has 0 heterocycles. The molecule has 0 aliphatic rings. The van der Waals surface area contributed by atoms with Crippen molar-refractivity contribution in [1.82, 2.24) is 10.6 Å². The van der Waals surface area contributed by atoms with Crippen molar-refractivity contribution in [3.8, 4) is 0 Å². The predicted molar refractivity (Wildman–Crippen MR) is 77.4 cm³/mol. The van der Waals surface area contributed by atoms with Gasteiger partial charge >= 0.3 is 0 Å². The van der Waals surface area contributed by atoms with Gasteiger partial charge in [0, 0.05) is 24.7 Å². The van der Waals surface area contributed by atoms with Gasteiger partial charge in [-0.15, -0.1) is 0 Å². The van der Waals surface area contributed by atoms with Gasteiger partial charge in [-0.05, 0) is 35.9 Å². The van der Waals surface area contributed by atoms with Crippen molar-refractivity contribution < 1.29 is 14.0 Å². The maximum atomic E-state index is 13.0. The van der Waals surface area contributed by atoms with Crippen LogP contribution in [0.25, 0.3) is 0 Å². The monoisotopic (exact) mass is 286 g/mol. The van der Waals surface area contributed by atoms with Crippen LogP contribution in [-0.4, -0.2) is 18.9 Å². The Labute approximate surface area is 122 Å². The molecule has 0 aliphatic heterocycles. The molecular weight excluding hydrogens is 271 g/mol. The summed E-state index contributed by atoms with van der Waals surface area (Å²) in [6.45, 7) is 0.264. The fourth-order valence-corrected chi connectivity index (χ4v) is 1.88. The van der Waals surface area contributed by atoms with Gasteiger partial charge in [0.2, 0.25) is 0 Å². The second kappa shape index (κ2) is 6.65. The minimum atomic E-state index is -0.454. The van der Waals surface area contributed by atoms with Crippen molar-refractivity contribution in [2.24, 2.45) is 0 Å². The van der Waals surface area contributed by atoms with Crippen LogP contribution in [0.5, 0.6) is 0 Å². The normalized spacial score (nSPS) is 10.0. The lowest BCUT2D eigenvalue weighted by Gasteiger charge is -2.07. The summed E-state index contributed by atoms with van der Waals surface area (Å²) in [6.07, 6.45) is 0. The molecular formula is C16H15FN2O2. The molecule has 21 heavy (non-hydrogen) atoms. The Balaban J connectivity index is 2.03. The van der Waals surface area contributed by atoms with E-state index >= 15 is 0 Å². The average molecular weight is 286 g/mol. The topological polar surface area (TPSA) is 58.2 Å². The lowest BCUT2D eigenvalue weighted by Crippen LogP contribution is -2.23. The molecule has 2 aromatic carbocycles. The van der Waals surface area contributed by atoms with Crippen molar-refractivity contribution in [2.75, 3.05) is 7.05 Å². The Kier molecular flexibility index (Phi) is 4.66. The minimum Gasteiger partial charge on any atom is -0.355 e. The first-order valence-electron chi connectivity index (χ1n) is 6.45. The van der Waals surface area contributed by atoms with E-state index in [1.807, 2.05) is 0 Å². The smallest absolute Gasteiger partial charge is 0.251 e. The van der Waals surface area contributed by atoms with Crippen molar-refractivity contribution in [3.05, 3.63) is 71.0 Å². The van der Waals surface area contributed by atoms with Gasteiger partial charge < -0.3 is 10.6 Å². The Morgan fingerprint density at radius 2 is 1.67 bits per heavy atom. The number of carbonyl (C=O) groups excluding carboxylic acids is 2. The highest BCUT2D eigenvalue weighted by Crippen LogP contribution is 2.07. The van der Waals surface area contributed by atoms with Crippen LogP contribution in [0.1, 0.15) is 26.3 Å². The van der Waals surface area contributed by atoms with Crippen LogP contribution in [0.2, 0.25) is 0 Å². The second-order valence-corrected chi connectivity index (χ2v) is 4.47. The summed E-state index contributed by atoms with van der Waals surface area (Å²) >= 11 is 0. The van der Waals surface area contributed by atoms with E-state index in [9.17, 15) is 14.0 Å². The number of amides is 2. The zero-order valence-corrected chi connectivity index (χ0v) is 11.5. The second-order valence-electron chi connectivity index (χ2n) is 4.47. The first-order valence-corrected chi connectivity index (χ1v) is 6.45. The highest BCUT2D eigenvalue weighted by molar-refractivity contribution is 5.95. The van der Waals surface area contributed by atoms with Crippen LogP contribution < -0.4 is 10.6 Å². The standard InChI is InChI=1S/C16H15FN2O2/c1-18-15(20)12-5-2-4-11(8-12)10-19-16(21)13-6-3-7-14(17)9-13/h2-9H,10H2,1H3,(H,18,20)(H,19,21). The third-order valence-electron chi connectivity index (χ3n) is 2.96. The first kappa shape index (κ1) is 14.7. The summed E-state index contributed by atoms with van der Waals surface area (Å²) < 4.78 is 13.0. The molecule has 0 fully saturated rings. The molecule has 0 saturated carbocycles. The highest BCUT2D eigenvalue weighted by atomic mass is 19.1. The number of carbonyl (C=O) groups is 2. The van der Waals surface area contributed by atoms with Crippen molar-refractivity contribution in [1.29, 1.82) is 0 Å². The molecule has 0 unspecified atom stereocenters. The number of halogens is 1. The molecule has 0 aromatic heterocycles. The third-order valence-corrected chi connectivity index (χ3v) is 2.96. The van der Waals surface area contributed by atoms with Gasteiger partial charge in [-0.3, -0.25) is 9.59 Å². The molecule has 0 saturated heterocycles. The molecule has 0 spiro atoms. The molecule has 2 N–H and O–H groups in total. The largest absolute Gasteiger partial charge is 0.355 e. The van der Waals surface area contributed by atoms with E-state index in [2.05, 4.69) is 10.6 Å². The fraction of sp³-hybridized carbons (Fsp3) is 0.125. The van der Waals surface area contributed by atoms with Crippen molar-refractivity contribution in [2.45, 2.75) is 6.54 Å². The first-order chi connectivity index (χ1) is 10.1. The molecule has 2 amide bonds. The summed E-state index contributed by atoms with van der Waals surface area (Å²) in [5, 5.41) is 5.23. The van der Waals surface area contributed by atoms with Gasteiger partial charge in [-0.25, -0.2) is 4.39 Å². The van der Waals surface area contributed by atoms with E-state index < -0.39 is 5.82 Å². The van der Waals surface area contributed by atoms with E-state index in [0.717, 1.165) is 5.56 Å². The zero-order chi connectivity index (χ0) is 15.2. The maximum absolute atomic E-state index is 13.0. The predicted octanol–water partition coefficient (Wildman–Crippen LogP) is 2.12. The Hall–Kier alpha value is -2.69. The summed E-state index contributed by atoms with van der Waals surface area (Å²) in [5.41, 5.74) is 1.58. The summed E-state index contributed by atoms with van der Waals surface area (Å²) in [5.74, 6) is -1.00. The zero-order valence-electron chi connectivity index (χ0n) is 11.5. The van der Waals surface area contributed by atoms with Crippen LogP contribution in [0.15, 0.2) is 48.5 Å². The van der Waals surface area contributed by atoms with Crippen molar-refractivity contribution in [3.63, 3.8) is 0 Å². The molecule has 0 radical (unpaired) electrons. The number of nitrogens with one attached hydrogen (secondary N) is 2. The Morgan fingerprint density at radius 1 is 1.00 bits per heavy atom. The van der Waals surface area contributed by atoms with E-state index in [1.165, 1.54) is 18.2 Å². The third kappa shape index (κ3) is 3.89. The minimum absolute atomic E-state index is 0.187. The van der Waals surface area contributed by atoms with E-state index in [-0.39, 0.29) is 23.9 Å². The van der Waals surface area contributed by atoms with Crippen LogP contribution in [0.3, 0.4) is 0 Å². The van der Waals surface area contributed by atoms with Gasteiger partial charge in [0.15, 0.2) is 0 Å². The molecule has 5 heteroatoms. The van der Waals surface area contributed by atoms with Gasteiger partial charge in [0.25, 0.3) is 11.8 Å². The Bertz CT molecular complexity index is 671. The SMILES string of the molecule is CNC(=O)c1cccc(CNC(=O)c2cccc(F)c2)c1. The molecule has 2 aromatic rings. The quantitative estimate of drug-likeness (QED) is 0.904. The molecule has 4 nitrogen and oxygen atoms in total. The van der Waals surface area contributed by atoms with E-state index in [4.69, 9.17) is 0 Å². The molecule has 2 rings (SSSR count).